The summed E-state index contributed by atoms with van der Waals surface area (Å²) in [5.41, 5.74) is 3.32. The zero-order valence-electron chi connectivity index (χ0n) is 24.8. The van der Waals surface area contributed by atoms with Crippen molar-refractivity contribution in [3.8, 4) is 0 Å². The molecular weight excluding hydrogens is 614 g/mol. The van der Waals surface area contributed by atoms with Crippen LogP contribution < -0.4 is 25.8 Å². The van der Waals surface area contributed by atoms with Crippen LogP contribution in [0.2, 0.25) is 5.02 Å². The number of hydrogen-bond donors (Lipinski definition) is 3. The number of carbonyl (C=O) groups is 3. The van der Waals surface area contributed by atoms with Gasteiger partial charge in [-0.2, -0.15) is 0 Å². The highest BCUT2D eigenvalue weighted by Gasteiger charge is 2.27. The van der Waals surface area contributed by atoms with Crippen molar-refractivity contribution in [1.29, 1.82) is 0 Å². The minimum Gasteiger partial charge on any atom is -0.354 e. The highest BCUT2D eigenvalue weighted by molar-refractivity contribution is 7.17. The first-order valence-corrected chi connectivity index (χ1v) is 15.7. The van der Waals surface area contributed by atoms with Gasteiger partial charge in [0.1, 0.15) is 22.3 Å². The van der Waals surface area contributed by atoms with Crippen molar-refractivity contribution in [1.82, 2.24) is 25.2 Å². The van der Waals surface area contributed by atoms with Gasteiger partial charge in [0.05, 0.1) is 16.9 Å². The lowest BCUT2D eigenvalue weighted by atomic mass is 10.1. The summed E-state index contributed by atoms with van der Waals surface area (Å²) in [6.07, 6.45) is 1.81. The average Bonchev–Trinajstić information content (AvgIpc) is 3.48. The molecule has 3 N–H and O–H groups in total. The largest absolute Gasteiger partial charge is 0.354 e. The third-order valence-corrected chi connectivity index (χ3v) is 8.90. The molecule has 4 aromatic rings. The molecule has 6 rings (SSSR count). The molecule has 0 atom stereocenters. The summed E-state index contributed by atoms with van der Waals surface area (Å²) < 4.78 is 0. The second-order valence-corrected chi connectivity index (χ2v) is 12.3. The number of para-hydroxylation sites is 2. The van der Waals surface area contributed by atoms with E-state index < -0.39 is 0 Å². The van der Waals surface area contributed by atoms with Crippen molar-refractivity contribution >= 4 is 68.9 Å². The molecule has 2 saturated heterocycles. The Morgan fingerprint density at radius 1 is 1.02 bits per heavy atom. The summed E-state index contributed by atoms with van der Waals surface area (Å²) in [6.45, 7) is 7.93. The topological polar surface area (TPSA) is 136 Å². The third kappa shape index (κ3) is 7.06. The van der Waals surface area contributed by atoms with Crippen LogP contribution in [0.5, 0.6) is 0 Å². The lowest BCUT2D eigenvalue weighted by Crippen LogP contribution is -2.50. The number of anilines is 5. The molecule has 0 saturated carbocycles. The van der Waals surface area contributed by atoms with Crippen LogP contribution in [0.1, 0.15) is 33.0 Å². The van der Waals surface area contributed by atoms with Crippen molar-refractivity contribution in [3.05, 3.63) is 81.6 Å². The second-order valence-electron chi connectivity index (χ2n) is 10.8. The maximum absolute atomic E-state index is 12.9. The van der Waals surface area contributed by atoms with Crippen molar-refractivity contribution in [2.24, 2.45) is 0 Å². The van der Waals surface area contributed by atoms with E-state index in [2.05, 4.69) is 40.7 Å². The zero-order chi connectivity index (χ0) is 31.5. The summed E-state index contributed by atoms with van der Waals surface area (Å²) in [5, 5.41) is 9.53. The van der Waals surface area contributed by atoms with Crippen LogP contribution >= 0.6 is 22.9 Å². The molecule has 2 fully saturated rings. The van der Waals surface area contributed by atoms with Crippen LogP contribution in [0.25, 0.3) is 0 Å². The van der Waals surface area contributed by atoms with E-state index in [9.17, 15) is 14.4 Å². The minimum absolute atomic E-state index is 0.244. The van der Waals surface area contributed by atoms with Crippen LogP contribution in [0.15, 0.2) is 54.7 Å². The Bertz CT molecular complexity index is 1740. The maximum Gasteiger partial charge on any atom is 0.328 e. The number of aryl methyl sites for hydroxylation is 2. The molecule has 0 bridgehead atoms. The molecule has 2 aliphatic rings. The number of imide groups is 1. The van der Waals surface area contributed by atoms with Crippen molar-refractivity contribution in [3.63, 3.8) is 0 Å². The van der Waals surface area contributed by atoms with E-state index >= 15 is 0 Å². The summed E-state index contributed by atoms with van der Waals surface area (Å²) >= 11 is 7.50. The van der Waals surface area contributed by atoms with Gasteiger partial charge in [-0.3, -0.25) is 24.7 Å². The zero-order valence-corrected chi connectivity index (χ0v) is 26.4. The number of aromatic nitrogens is 3. The lowest BCUT2D eigenvalue weighted by Gasteiger charge is -2.36. The van der Waals surface area contributed by atoms with Crippen LogP contribution in [-0.2, 0) is 11.3 Å². The van der Waals surface area contributed by atoms with Gasteiger partial charge in [0.25, 0.3) is 5.91 Å². The fourth-order valence-electron chi connectivity index (χ4n) is 5.37. The van der Waals surface area contributed by atoms with E-state index in [1.807, 2.05) is 56.3 Å². The molecule has 0 spiro atoms. The maximum atomic E-state index is 12.9. The highest BCUT2D eigenvalue weighted by atomic mass is 35.5. The van der Waals surface area contributed by atoms with Crippen molar-refractivity contribution in [2.75, 3.05) is 53.2 Å². The molecule has 0 aliphatic carbocycles. The Hall–Kier alpha value is -4.59. The number of nitrogens with zero attached hydrogens (tertiary/aromatic N) is 6. The molecule has 4 amide bonds. The van der Waals surface area contributed by atoms with Gasteiger partial charge < -0.3 is 15.5 Å². The Morgan fingerprint density at radius 2 is 1.82 bits per heavy atom. The molecule has 232 valence electrons. The summed E-state index contributed by atoms with van der Waals surface area (Å²) in [5.74, 6) is 1.49. The predicted molar refractivity (Wildman–Crippen MR) is 176 cm³/mol. The van der Waals surface area contributed by atoms with Gasteiger partial charge in [-0.1, -0.05) is 53.3 Å². The highest BCUT2D eigenvalue weighted by Crippen LogP contribution is 2.29. The number of hydrogen-bond acceptors (Lipinski definition) is 10. The fraction of sp³-hybridized carbons (Fsp3) is 0.290. The molecule has 0 unspecified atom stereocenters. The van der Waals surface area contributed by atoms with Crippen LogP contribution in [0.3, 0.4) is 0 Å². The van der Waals surface area contributed by atoms with E-state index in [0.29, 0.717) is 45.5 Å². The normalized spacial score (nSPS) is 15.6. The van der Waals surface area contributed by atoms with Gasteiger partial charge in [-0.25, -0.2) is 19.7 Å². The number of thiazole rings is 1. The van der Waals surface area contributed by atoms with Gasteiger partial charge in [-0.05, 0) is 37.1 Å². The van der Waals surface area contributed by atoms with Gasteiger partial charge in [0.15, 0.2) is 5.13 Å². The van der Waals surface area contributed by atoms with Crippen LogP contribution in [-0.4, -0.2) is 70.4 Å². The third-order valence-electron chi connectivity index (χ3n) is 7.68. The molecule has 12 nitrogen and oxygen atoms in total. The van der Waals surface area contributed by atoms with Gasteiger partial charge in [0.2, 0.25) is 5.91 Å². The predicted octanol–water partition coefficient (Wildman–Crippen LogP) is 4.97. The van der Waals surface area contributed by atoms with E-state index in [1.165, 1.54) is 17.5 Å². The molecule has 4 heterocycles. The van der Waals surface area contributed by atoms with Crippen LogP contribution in [0.4, 0.5) is 32.9 Å². The van der Waals surface area contributed by atoms with Gasteiger partial charge in [-0.15, -0.1) is 0 Å². The molecule has 45 heavy (non-hydrogen) atoms. The Balaban J connectivity index is 1.07. The SMILES string of the molecule is Cc1nc(Nc2ncc(C(=O)Nc3c(C)cccc3Cl)s2)cc(N2CCN(Cc3ccccc3N3CCC(=O)NC3=O)CC2)n1. The fourth-order valence-corrected chi connectivity index (χ4v) is 6.36. The summed E-state index contributed by atoms with van der Waals surface area (Å²) in [6, 6.07) is 14.8. The van der Waals surface area contributed by atoms with Crippen LogP contribution in [0, 0.1) is 13.8 Å². The van der Waals surface area contributed by atoms with Crippen molar-refractivity contribution in [2.45, 2.75) is 26.8 Å². The number of urea groups is 1. The number of carbonyl (C=O) groups excluding carboxylic acids is 3. The molecule has 2 aliphatic heterocycles. The smallest absolute Gasteiger partial charge is 0.328 e. The minimum atomic E-state index is -0.378. The quantitative estimate of drug-likeness (QED) is 0.243. The monoisotopic (exact) mass is 645 g/mol. The first kappa shape index (κ1) is 30.4. The van der Waals surface area contributed by atoms with E-state index in [4.69, 9.17) is 11.6 Å². The Morgan fingerprint density at radius 3 is 2.60 bits per heavy atom. The number of amides is 4. The Labute approximate surface area is 269 Å². The number of benzene rings is 2. The number of piperazine rings is 1. The number of halogens is 1. The van der Waals surface area contributed by atoms with Crippen molar-refractivity contribution < 1.29 is 14.4 Å². The average molecular weight is 646 g/mol. The molecule has 14 heteroatoms. The first-order valence-electron chi connectivity index (χ1n) is 14.5. The summed E-state index contributed by atoms with van der Waals surface area (Å²) in [4.78, 5) is 57.2. The van der Waals surface area contributed by atoms with E-state index in [-0.39, 0.29) is 24.3 Å². The van der Waals surface area contributed by atoms with E-state index in [0.717, 1.165) is 48.8 Å². The number of nitrogens with one attached hydrogen (secondary N) is 3. The molecular formula is C31H32ClN9O3S. The second kappa shape index (κ2) is 13.2. The summed E-state index contributed by atoms with van der Waals surface area (Å²) in [7, 11) is 0. The van der Waals surface area contributed by atoms with Gasteiger partial charge in [0, 0.05) is 57.4 Å². The standard InChI is InChI=1S/C31H32ClN9O3S/c1-19-6-5-8-22(32)28(19)38-29(43)24-17-33-30(45-24)36-25-16-26(35-20(2)34-25)40-14-12-39(13-15-40)18-21-7-3-4-9-23(21)41-11-10-27(42)37-31(41)44/h3-9,16-17H,10-15,18H2,1-2H3,(H,38,43)(H,37,42,44)(H,33,34,35,36). The molecule has 2 aromatic carbocycles. The first-order chi connectivity index (χ1) is 21.7. The number of rotatable bonds is 8. The molecule has 2 aromatic heterocycles. The van der Waals surface area contributed by atoms with Gasteiger partial charge >= 0.3 is 6.03 Å². The van der Waals surface area contributed by atoms with E-state index in [1.54, 1.807) is 11.0 Å². The Kier molecular flexibility index (Phi) is 8.92. The molecule has 0 radical (unpaired) electrons. The lowest BCUT2D eigenvalue weighted by molar-refractivity contribution is -0.120.